The van der Waals surface area contributed by atoms with Crippen molar-refractivity contribution in [2.45, 2.75) is 6.29 Å². The second kappa shape index (κ2) is 3.52. The molecule has 1 fully saturated rings. The predicted molar refractivity (Wildman–Crippen MR) is 55.9 cm³/mol. The first kappa shape index (κ1) is 9.21. The van der Waals surface area contributed by atoms with Crippen molar-refractivity contribution in [3.63, 3.8) is 0 Å². The van der Waals surface area contributed by atoms with E-state index in [-0.39, 0.29) is 6.29 Å². The second-order valence-corrected chi connectivity index (χ2v) is 3.79. The van der Waals surface area contributed by atoms with Crippen molar-refractivity contribution < 1.29 is 13.9 Å². The summed E-state index contributed by atoms with van der Waals surface area (Å²) < 4.78 is 16.1. The Kier molecular flexibility index (Phi) is 2.16. The first-order valence-corrected chi connectivity index (χ1v) is 5.13. The van der Waals surface area contributed by atoms with E-state index >= 15 is 0 Å². The van der Waals surface area contributed by atoms with Crippen LogP contribution in [-0.4, -0.2) is 13.2 Å². The van der Waals surface area contributed by atoms with Crippen molar-refractivity contribution >= 4 is 22.6 Å². The highest BCUT2D eigenvalue weighted by Gasteiger charge is 2.18. The van der Waals surface area contributed by atoms with Gasteiger partial charge in [-0.3, -0.25) is 0 Å². The first-order valence-electron chi connectivity index (χ1n) is 4.75. The molecule has 0 bridgehead atoms. The zero-order chi connectivity index (χ0) is 10.3. The maximum atomic E-state index is 5.77. The fourth-order valence-electron chi connectivity index (χ4n) is 1.73. The summed E-state index contributed by atoms with van der Waals surface area (Å²) in [6.45, 7) is 1.30. The van der Waals surface area contributed by atoms with Crippen LogP contribution in [0.15, 0.2) is 28.7 Å². The highest BCUT2D eigenvalue weighted by atomic mass is 35.5. The van der Waals surface area contributed by atoms with Crippen LogP contribution < -0.4 is 0 Å². The number of hydrogen-bond acceptors (Lipinski definition) is 3. The van der Waals surface area contributed by atoms with Gasteiger partial charge in [0.15, 0.2) is 11.5 Å². The molecule has 0 saturated carbocycles. The van der Waals surface area contributed by atoms with Gasteiger partial charge in [-0.05, 0) is 23.7 Å². The molecule has 0 atom stereocenters. The summed E-state index contributed by atoms with van der Waals surface area (Å²) in [4.78, 5) is 0. The van der Waals surface area contributed by atoms with Crippen LogP contribution in [0, 0.1) is 0 Å². The van der Waals surface area contributed by atoms with E-state index in [1.807, 2.05) is 18.2 Å². The molecule has 2 heterocycles. The van der Waals surface area contributed by atoms with Gasteiger partial charge < -0.3 is 13.9 Å². The van der Waals surface area contributed by atoms with Crippen LogP contribution in [0.1, 0.15) is 11.9 Å². The zero-order valence-electron chi connectivity index (χ0n) is 7.90. The highest BCUT2D eigenvalue weighted by molar-refractivity contribution is 6.29. The van der Waals surface area contributed by atoms with Gasteiger partial charge in [0, 0.05) is 17.0 Å². The minimum absolute atomic E-state index is 0.247. The van der Waals surface area contributed by atoms with Crippen molar-refractivity contribution in [2.24, 2.45) is 0 Å². The third-order valence-electron chi connectivity index (χ3n) is 2.40. The summed E-state index contributed by atoms with van der Waals surface area (Å²) in [6.07, 6.45) is -0.247. The number of hydrogen-bond donors (Lipinski definition) is 0. The number of rotatable bonds is 1. The van der Waals surface area contributed by atoms with Crippen molar-refractivity contribution in [3.05, 3.63) is 35.0 Å². The number of furan rings is 1. The van der Waals surface area contributed by atoms with Crippen molar-refractivity contribution in [1.29, 1.82) is 0 Å². The average molecular weight is 225 g/mol. The van der Waals surface area contributed by atoms with Gasteiger partial charge in [0.25, 0.3) is 0 Å². The first-order chi connectivity index (χ1) is 7.33. The van der Waals surface area contributed by atoms with E-state index < -0.39 is 0 Å². The third-order valence-corrected chi connectivity index (χ3v) is 2.59. The predicted octanol–water partition coefficient (Wildman–Crippen LogP) is 3.13. The maximum Gasteiger partial charge on any atom is 0.194 e. The summed E-state index contributed by atoms with van der Waals surface area (Å²) in [6, 6.07) is 7.57. The summed E-state index contributed by atoms with van der Waals surface area (Å²) in [7, 11) is 0. The van der Waals surface area contributed by atoms with E-state index in [1.54, 1.807) is 6.07 Å². The lowest BCUT2D eigenvalue weighted by Gasteiger charge is -2.08. The molecule has 1 aromatic carbocycles. The van der Waals surface area contributed by atoms with Gasteiger partial charge in [0.05, 0.1) is 13.2 Å². The standard InChI is InChI=1S/C11H9ClO3/c12-10-6-8-5-7(1-2-9(8)15-10)11-13-3-4-14-11/h1-2,5-6,11H,3-4H2. The molecule has 0 N–H and O–H groups in total. The smallest absolute Gasteiger partial charge is 0.194 e. The number of benzene rings is 1. The summed E-state index contributed by atoms with van der Waals surface area (Å²) in [5, 5.41) is 1.37. The Morgan fingerprint density at radius 1 is 1.13 bits per heavy atom. The van der Waals surface area contributed by atoms with Gasteiger partial charge in [-0.2, -0.15) is 0 Å². The topological polar surface area (TPSA) is 31.6 Å². The number of fused-ring (bicyclic) bond motifs is 1. The van der Waals surface area contributed by atoms with Crippen LogP contribution in [0.2, 0.25) is 5.22 Å². The van der Waals surface area contributed by atoms with Crippen molar-refractivity contribution in [2.75, 3.05) is 13.2 Å². The Morgan fingerprint density at radius 2 is 1.93 bits per heavy atom. The summed E-state index contributed by atoms with van der Waals surface area (Å²) in [5.74, 6) is 0. The number of halogens is 1. The van der Waals surface area contributed by atoms with E-state index in [1.165, 1.54) is 0 Å². The van der Waals surface area contributed by atoms with Gasteiger partial charge >= 0.3 is 0 Å². The monoisotopic (exact) mass is 224 g/mol. The van der Waals surface area contributed by atoms with E-state index in [2.05, 4.69) is 0 Å². The van der Waals surface area contributed by atoms with Gasteiger partial charge in [-0.1, -0.05) is 6.07 Å². The highest BCUT2D eigenvalue weighted by Crippen LogP contribution is 2.29. The summed E-state index contributed by atoms with van der Waals surface area (Å²) in [5.41, 5.74) is 1.78. The Morgan fingerprint density at radius 3 is 2.73 bits per heavy atom. The number of ether oxygens (including phenoxy) is 2. The molecule has 0 unspecified atom stereocenters. The van der Waals surface area contributed by atoms with Gasteiger partial charge in [-0.15, -0.1) is 0 Å². The molecule has 1 aliphatic heterocycles. The molecule has 78 valence electrons. The zero-order valence-corrected chi connectivity index (χ0v) is 8.66. The lowest BCUT2D eigenvalue weighted by atomic mass is 10.1. The normalized spacial score (nSPS) is 17.7. The lowest BCUT2D eigenvalue weighted by molar-refractivity contribution is -0.0440. The van der Waals surface area contributed by atoms with Crippen LogP contribution >= 0.6 is 11.6 Å². The molecule has 1 saturated heterocycles. The maximum absolute atomic E-state index is 5.77. The molecular formula is C11H9ClO3. The van der Waals surface area contributed by atoms with E-state index in [4.69, 9.17) is 25.5 Å². The lowest BCUT2D eigenvalue weighted by Crippen LogP contribution is -1.96. The SMILES string of the molecule is Clc1cc2cc(C3OCCO3)ccc2o1. The van der Waals surface area contributed by atoms with Crippen LogP contribution in [0.5, 0.6) is 0 Å². The largest absolute Gasteiger partial charge is 0.445 e. The molecule has 3 rings (SSSR count). The minimum Gasteiger partial charge on any atom is -0.445 e. The molecular weight excluding hydrogens is 216 g/mol. The van der Waals surface area contributed by atoms with Crippen LogP contribution in [0.3, 0.4) is 0 Å². The molecule has 0 spiro atoms. The van der Waals surface area contributed by atoms with Gasteiger partial charge in [-0.25, -0.2) is 0 Å². The van der Waals surface area contributed by atoms with E-state index in [0.717, 1.165) is 16.5 Å². The Balaban J connectivity index is 2.04. The van der Waals surface area contributed by atoms with Crippen molar-refractivity contribution in [1.82, 2.24) is 0 Å². The van der Waals surface area contributed by atoms with Gasteiger partial charge in [0.2, 0.25) is 0 Å². The molecule has 0 aliphatic carbocycles. The molecule has 0 radical (unpaired) electrons. The molecule has 0 amide bonds. The molecule has 1 aromatic heterocycles. The van der Waals surface area contributed by atoms with Crippen LogP contribution in [0.25, 0.3) is 11.0 Å². The summed E-state index contributed by atoms with van der Waals surface area (Å²) >= 11 is 5.77. The Hall–Kier alpha value is -1.03. The molecule has 1 aliphatic rings. The van der Waals surface area contributed by atoms with Gasteiger partial charge in [0.1, 0.15) is 5.58 Å². The molecule has 2 aromatic rings. The molecule has 3 nitrogen and oxygen atoms in total. The Bertz CT molecular complexity index is 486. The molecule has 4 heteroatoms. The second-order valence-electron chi connectivity index (χ2n) is 3.42. The van der Waals surface area contributed by atoms with E-state index in [0.29, 0.717) is 18.4 Å². The molecule has 15 heavy (non-hydrogen) atoms. The van der Waals surface area contributed by atoms with Crippen LogP contribution in [0.4, 0.5) is 0 Å². The average Bonchev–Trinajstić information content (AvgIpc) is 2.82. The fourth-order valence-corrected chi connectivity index (χ4v) is 1.93. The minimum atomic E-state index is -0.247. The van der Waals surface area contributed by atoms with Crippen LogP contribution in [-0.2, 0) is 9.47 Å². The third kappa shape index (κ3) is 1.63. The van der Waals surface area contributed by atoms with Crippen molar-refractivity contribution in [3.8, 4) is 0 Å². The van der Waals surface area contributed by atoms with E-state index in [9.17, 15) is 0 Å². The Labute approximate surface area is 91.5 Å². The fraction of sp³-hybridized carbons (Fsp3) is 0.273. The quantitative estimate of drug-likeness (QED) is 0.746.